The Bertz CT molecular complexity index is 3970. The van der Waals surface area contributed by atoms with E-state index in [1.165, 1.54) is 0 Å². The summed E-state index contributed by atoms with van der Waals surface area (Å²) in [5.74, 6) is 0. The first kappa shape index (κ1) is 17.3. The van der Waals surface area contributed by atoms with E-state index in [9.17, 15) is 6.85 Å². The van der Waals surface area contributed by atoms with E-state index < -0.39 is 107 Å². The Balaban J connectivity index is 1.30. The monoisotopic (exact) mass is 661 g/mol. The molecule has 0 bridgehead atoms. The van der Waals surface area contributed by atoms with Crippen LogP contribution in [0.2, 0.25) is 0 Å². The molecule has 51 heavy (non-hydrogen) atoms. The van der Waals surface area contributed by atoms with Gasteiger partial charge in [-0.15, -0.1) is 0 Å². The van der Waals surface area contributed by atoms with E-state index in [4.69, 9.17) is 18.1 Å². The molecular formula is C50H30O. The number of hydrogen-bond acceptors (Lipinski definition) is 1. The van der Waals surface area contributed by atoms with Gasteiger partial charge in [0.25, 0.3) is 0 Å². The maximum Gasteiger partial charge on any atom is 0.136 e. The lowest BCUT2D eigenvalue weighted by Crippen LogP contribution is -1.92. The van der Waals surface area contributed by atoms with Crippen molar-refractivity contribution in [2.45, 2.75) is 0 Å². The smallest absolute Gasteiger partial charge is 0.136 e. The van der Waals surface area contributed by atoms with Gasteiger partial charge in [-0.1, -0.05) is 157 Å². The number of hydrogen-bond donors (Lipinski definition) is 0. The highest BCUT2D eigenvalue weighted by Crippen LogP contribution is 2.46. The van der Waals surface area contributed by atoms with Crippen LogP contribution in [0, 0.1) is 0 Å². The minimum Gasteiger partial charge on any atom is -0.456 e. The molecule has 0 atom stereocenters. The number of benzene rings is 10. The minimum atomic E-state index is -0.758. The highest BCUT2D eigenvalue weighted by Gasteiger charge is 2.19. The second kappa shape index (κ2) is 10.9. The molecule has 236 valence electrons. The Hall–Kier alpha value is -6.70. The molecule has 1 heteroatoms. The van der Waals surface area contributed by atoms with Gasteiger partial charge in [0, 0.05) is 10.8 Å². The van der Waals surface area contributed by atoms with Crippen molar-refractivity contribution in [1.29, 1.82) is 0 Å². The van der Waals surface area contributed by atoms with Crippen LogP contribution in [0.1, 0.15) is 20.6 Å². The summed E-state index contributed by atoms with van der Waals surface area (Å²) in [5, 5.41) is 3.74. The van der Waals surface area contributed by atoms with Gasteiger partial charge in [-0.05, 0) is 112 Å². The molecule has 0 aliphatic heterocycles. The number of fused-ring (bicyclic) bond motifs is 9. The molecule has 11 aromatic rings. The van der Waals surface area contributed by atoms with E-state index >= 15 is 0 Å². The Morgan fingerprint density at radius 2 is 1.00 bits per heavy atom. The van der Waals surface area contributed by atoms with Gasteiger partial charge in [-0.25, -0.2) is 0 Å². The van der Waals surface area contributed by atoms with Gasteiger partial charge in [0.1, 0.15) is 11.2 Å². The van der Waals surface area contributed by atoms with Gasteiger partial charge < -0.3 is 4.42 Å². The molecule has 0 unspecified atom stereocenters. The third kappa shape index (κ3) is 4.22. The molecule has 0 amide bonds. The normalized spacial score (nSPS) is 16.0. The van der Waals surface area contributed by atoms with Crippen LogP contribution in [-0.2, 0) is 0 Å². The Morgan fingerprint density at radius 3 is 1.82 bits per heavy atom. The molecule has 0 N–H and O–H groups in total. The average Bonchev–Trinajstić information content (AvgIpc) is 3.71. The lowest BCUT2D eigenvalue weighted by atomic mass is 9.84. The first-order valence-corrected chi connectivity index (χ1v) is 16.4. The largest absolute Gasteiger partial charge is 0.456 e. The number of furan rings is 1. The predicted molar refractivity (Wildman–Crippen MR) is 218 cm³/mol. The lowest BCUT2D eigenvalue weighted by Gasteiger charge is -2.19. The Labute approximate surface area is 315 Å². The van der Waals surface area contributed by atoms with E-state index in [2.05, 4.69) is 6.07 Å². The molecule has 1 aromatic heterocycles. The van der Waals surface area contributed by atoms with Crippen LogP contribution in [0.5, 0.6) is 0 Å². The molecular weight excluding hydrogens is 617 g/mol. The van der Waals surface area contributed by atoms with Crippen LogP contribution in [-0.4, -0.2) is 0 Å². The molecule has 1 heterocycles. The van der Waals surface area contributed by atoms with E-state index in [1.807, 2.05) is 72.8 Å². The zero-order valence-corrected chi connectivity index (χ0v) is 26.6. The van der Waals surface area contributed by atoms with Gasteiger partial charge >= 0.3 is 0 Å². The topological polar surface area (TPSA) is 13.1 Å². The van der Waals surface area contributed by atoms with E-state index in [0.29, 0.717) is 16.5 Å². The molecule has 11 rings (SSSR count). The maximum absolute atomic E-state index is 9.49. The summed E-state index contributed by atoms with van der Waals surface area (Å²) in [6, 6.07) is 18.9. The molecule has 0 radical (unpaired) electrons. The van der Waals surface area contributed by atoms with Crippen molar-refractivity contribution in [2.75, 3.05) is 0 Å². The Morgan fingerprint density at radius 1 is 0.353 bits per heavy atom. The molecule has 0 aliphatic carbocycles. The van der Waals surface area contributed by atoms with Crippen LogP contribution >= 0.6 is 0 Å². The summed E-state index contributed by atoms with van der Waals surface area (Å²) in [4.78, 5) is 0. The van der Waals surface area contributed by atoms with Gasteiger partial charge in [0.15, 0.2) is 0 Å². The van der Waals surface area contributed by atoms with E-state index in [0.717, 1.165) is 43.6 Å². The van der Waals surface area contributed by atoms with Crippen molar-refractivity contribution in [3.63, 3.8) is 0 Å². The SMILES string of the molecule is [2H]c1c([2H])c([2H])c2c(-c3c4c([2H])c([2H])c([2H])c([2H])c4c(-c4ccc5cccc(-c6ccc7c(c6)oc6ccc8ccccc8c67)c5c4)c4c([2H])c([2H])c([2H])c([2H])c34)c([2H])c([2H])c([2H])c2c1[2H]. The third-order valence-corrected chi connectivity index (χ3v) is 9.78. The standard InChI is InChI=1S/C50H30O/c1-3-15-36-31(11-1)13-10-22-39(36)49-42-19-7-5-17-40(42)48(41-18-6-8-20-43(41)49)35-24-23-33-14-9-21-37(45(33)29-35)34-25-27-44-47(30-34)51-46-28-26-32-12-2-4-16-38(32)50(44)46/h1-30H/i1D,3D,5D,6D,7D,8D,10D,11D,13D,15D,17D,18D,19D,20D,22D. The predicted octanol–water partition coefficient (Wildman–Crippen LogP) is 14.4. The second-order valence-electron chi connectivity index (χ2n) is 12.5. The molecule has 1 nitrogen and oxygen atoms in total. The molecule has 0 aliphatic rings. The van der Waals surface area contributed by atoms with Gasteiger partial charge in [-0.2, -0.15) is 0 Å². The fraction of sp³-hybridized carbons (Fsp3) is 0. The van der Waals surface area contributed by atoms with Crippen molar-refractivity contribution >= 4 is 75.8 Å². The molecule has 0 saturated heterocycles. The van der Waals surface area contributed by atoms with E-state index in [1.54, 1.807) is 12.1 Å². The van der Waals surface area contributed by atoms with Crippen molar-refractivity contribution in [1.82, 2.24) is 0 Å². The van der Waals surface area contributed by atoms with Crippen LogP contribution < -0.4 is 0 Å². The van der Waals surface area contributed by atoms with E-state index in [-0.39, 0.29) is 32.7 Å². The van der Waals surface area contributed by atoms with Crippen molar-refractivity contribution < 1.29 is 25.0 Å². The van der Waals surface area contributed by atoms with Gasteiger partial charge in [0.2, 0.25) is 0 Å². The van der Waals surface area contributed by atoms with Crippen LogP contribution in [0.15, 0.2) is 186 Å². The van der Waals surface area contributed by atoms with Crippen molar-refractivity contribution in [3.8, 4) is 33.4 Å². The highest BCUT2D eigenvalue weighted by molar-refractivity contribution is 6.24. The zero-order valence-electron chi connectivity index (χ0n) is 41.6. The second-order valence-corrected chi connectivity index (χ2v) is 12.5. The summed E-state index contributed by atoms with van der Waals surface area (Å²) in [6.45, 7) is 0. The zero-order chi connectivity index (χ0) is 46.5. The average molecular weight is 662 g/mol. The fourth-order valence-electron chi connectivity index (χ4n) is 7.56. The summed E-state index contributed by atoms with van der Waals surface area (Å²) in [5.41, 5.74) is 2.52. The fourth-order valence-corrected chi connectivity index (χ4v) is 7.56. The molecule has 0 saturated carbocycles. The summed E-state index contributed by atoms with van der Waals surface area (Å²) in [6.07, 6.45) is 0. The van der Waals surface area contributed by atoms with Crippen molar-refractivity contribution in [2.24, 2.45) is 0 Å². The van der Waals surface area contributed by atoms with Crippen molar-refractivity contribution in [3.05, 3.63) is 182 Å². The highest BCUT2D eigenvalue weighted by atomic mass is 16.3. The van der Waals surface area contributed by atoms with Crippen LogP contribution in [0.25, 0.3) is 109 Å². The Kier molecular flexibility index (Phi) is 3.70. The summed E-state index contributed by atoms with van der Waals surface area (Å²) in [7, 11) is 0. The summed E-state index contributed by atoms with van der Waals surface area (Å²) >= 11 is 0. The van der Waals surface area contributed by atoms with Crippen LogP contribution in [0.3, 0.4) is 0 Å². The quantitative estimate of drug-likeness (QED) is 0.172. The first-order valence-electron chi connectivity index (χ1n) is 23.9. The molecule has 10 aromatic carbocycles. The lowest BCUT2D eigenvalue weighted by molar-refractivity contribution is 0.669. The first-order chi connectivity index (χ1) is 31.5. The third-order valence-electron chi connectivity index (χ3n) is 9.78. The van der Waals surface area contributed by atoms with Gasteiger partial charge in [-0.3, -0.25) is 0 Å². The van der Waals surface area contributed by atoms with Crippen LogP contribution in [0.4, 0.5) is 0 Å². The summed E-state index contributed by atoms with van der Waals surface area (Å²) < 4.78 is 142. The maximum atomic E-state index is 9.49. The molecule has 0 fully saturated rings. The number of rotatable bonds is 3. The molecule has 0 spiro atoms. The van der Waals surface area contributed by atoms with Gasteiger partial charge in [0.05, 0.1) is 20.6 Å². The minimum absolute atomic E-state index is 0.0278.